The van der Waals surface area contributed by atoms with Crippen molar-refractivity contribution in [2.45, 2.75) is 37.8 Å². The highest BCUT2D eigenvalue weighted by Gasteiger charge is 2.50. The van der Waals surface area contributed by atoms with Crippen LogP contribution >= 0.6 is 0 Å². The number of ether oxygens (including phenoxy) is 1. The molecule has 2 atom stereocenters. The van der Waals surface area contributed by atoms with Gasteiger partial charge in [0.05, 0.1) is 17.9 Å². The molecule has 5 heterocycles. The zero-order valence-corrected chi connectivity index (χ0v) is 19.3. The van der Waals surface area contributed by atoms with Crippen molar-refractivity contribution >= 4 is 34.7 Å². The van der Waals surface area contributed by atoms with E-state index in [0.717, 1.165) is 29.8 Å². The normalized spacial score (nSPS) is 23.2. The number of nitrogens with one attached hydrogen (secondary N) is 1. The maximum absolute atomic E-state index is 12.7. The quantitative estimate of drug-likeness (QED) is 0.601. The Bertz CT molecular complexity index is 1310. The number of rotatable bonds is 4. The molecule has 0 radical (unpaired) electrons. The third-order valence-electron chi connectivity index (χ3n) is 6.80. The van der Waals surface area contributed by atoms with Crippen molar-refractivity contribution in [3.63, 3.8) is 0 Å². The molecule has 6 rings (SSSR count). The van der Waals surface area contributed by atoms with Crippen LogP contribution in [0.1, 0.15) is 26.2 Å². The molecule has 0 unspecified atom stereocenters. The van der Waals surface area contributed by atoms with Crippen LogP contribution in [0, 0.1) is 0 Å². The fourth-order valence-electron chi connectivity index (χ4n) is 5.01. The fraction of sp³-hybridized carbons (Fsp3) is 0.308. The van der Waals surface area contributed by atoms with E-state index in [1.165, 1.54) is 6.92 Å². The van der Waals surface area contributed by atoms with Crippen LogP contribution in [0.3, 0.4) is 0 Å². The zero-order chi connectivity index (χ0) is 24.2. The van der Waals surface area contributed by atoms with Crippen molar-refractivity contribution in [1.82, 2.24) is 9.97 Å². The molecule has 2 amide bonds. The van der Waals surface area contributed by atoms with Gasteiger partial charge >= 0.3 is 0 Å². The SMILES string of the molecule is C[C@@]1(O)C[C@H]2COc3ncc(Nc4ccc(-c5ccc(N6CCCC6=O)cc5)cn4)cc3N2C1=O. The lowest BCUT2D eigenvalue weighted by Crippen LogP contribution is -2.43. The molecule has 9 heteroatoms. The number of nitrogens with zero attached hydrogens (tertiary/aromatic N) is 4. The van der Waals surface area contributed by atoms with E-state index in [1.54, 1.807) is 23.4 Å². The molecular formula is C26H25N5O4. The summed E-state index contributed by atoms with van der Waals surface area (Å²) in [7, 11) is 0. The zero-order valence-electron chi connectivity index (χ0n) is 19.3. The Kier molecular flexibility index (Phi) is 4.96. The lowest BCUT2D eigenvalue weighted by molar-refractivity contribution is -0.131. The summed E-state index contributed by atoms with van der Waals surface area (Å²) in [6.45, 7) is 2.62. The van der Waals surface area contributed by atoms with Gasteiger partial charge in [0.15, 0.2) is 0 Å². The first-order chi connectivity index (χ1) is 16.9. The molecule has 9 nitrogen and oxygen atoms in total. The number of carbonyl (C=O) groups is 2. The van der Waals surface area contributed by atoms with E-state index >= 15 is 0 Å². The van der Waals surface area contributed by atoms with Gasteiger partial charge in [0, 0.05) is 36.8 Å². The molecule has 3 aliphatic heterocycles. The van der Waals surface area contributed by atoms with Crippen molar-refractivity contribution in [3.8, 4) is 17.0 Å². The summed E-state index contributed by atoms with van der Waals surface area (Å²) in [5.41, 5.74) is 2.69. The van der Waals surface area contributed by atoms with Crippen LogP contribution in [0.2, 0.25) is 0 Å². The van der Waals surface area contributed by atoms with Crippen LogP contribution in [0.25, 0.3) is 11.1 Å². The molecule has 1 aromatic carbocycles. The monoisotopic (exact) mass is 471 g/mol. The number of aliphatic hydroxyl groups is 1. The molecule has 2 fully saturated rings. The highest BCUT2D eigenvalue weighted by Crippen LogP contribution is 2.41. The van der Waals surface area contributed by atoms with Gasteiger partial charge in [-0.05, 0) is 49.2 Å². The van der Waals surface area contributed by atoms with Crippen LogP contribution < -0.4 is 19.9 Å². The second-order valence-electron chi connectivity index (χ2n) is 9.42. The van der Waals surface area contributed by atoms with E-state index in [1.807, 2.05) is 41.3 Å². The summed E-state index contributed by atoms with van der Waals surface area (Å²) >= 11 is 0. The number of carbonyl (C=O) groups excluding carboxylic acids is 2. The summed E-state index contributed by atoms with van der Waals surface area (Å²) in [5, 5.41) is 13.6. The maximum Gasteiger partial charge on any atom is 0.259 e. The number of hydrogen-bond acceptors (Lipinski definition) is 7. The van der Waals surface area contributed by atoms with Crippen LogP contribution in [-0.4, -0.2) is 51.7 Å². The van der Waals surface area contributed by atoms with Crippen molar-refractivity contribution in [2.75, 3.05) is 28.3 Å². The first-order valence-corrected chi connectivity index (χ1v) is 11.7. The summed E-state index contributed by atoms with van der Waals surface area (Å²) in [4.78, 5) is 37.0. The van der Waals surface area contributed by atoms with E-state index in [4.69, 9.17) is 4.74 Å². The molecule has 2 saturated heterocycles. The molecule has 0 aliphatic carbocycles. The molecule has 178 valence electrons. The lowest BCUT2D eigenvalue weighted by atomic mass is 10.0. The minimum atomic E-state index is -1.40. The van der Waals surface area contributed by atoms with Gasteiger partial charge in [-0.25, -0.2) is 9.97 Å². The third kappa shape index (κ3) is 3.77. The number of amides is 2. The number of pyridine rings is 2. The van der Waals surface area contributed by atoms with Crippen molar-refractivity contribution in [2.24, 2.45) is 0 Å². The summed E-state index contributed by atoms with van der Waals surface area (Å²) in [5.74, 6) is 0.838. The number of aromatic nitrogens is 2. The second kappa shape index (κ2) is 8.06. The average Bonchev–Trinajstić information content (AvgIpc) is 3.39. The molecule has 0 spiro atoms. The molecule has 3 aliphatic rings. The van der Waals surface area contributed by atoms with E-state index in [-0.39, 0.29) is 17.9 Å². The van der Waals surface area contributed by atoms with Crippen molar-refractivity contribution in [1.29, 1.82) is 0 Å². The summed E-state index contributed by atoms with van der Waals surface area (Å²) < 4.78 is 5.71. The molecular weight excluding hydrogens is 446 g/mol. The minimum Gasteiger partial charge on any atom is -0.474 e. The Hall–Kier alpha value is -3.98. The molecule has 0 bridgehead atoms. The highest BCUT2D eigenvalue weighted by molar-refractivity contribution is 6.03. The Labute approximate surface area is 202 Å². The van der Waals surface area contributed by atoms with E-state index in [0.29, 0.717) is 42.5 Å². The predicted molar refractivity (Wildman–Crippen MR) is 131 cm³/mol. The molecule has 2 aromatic heterocycles. The van der Waals surface area contributed by atoms with Crippen molar-refractivity contribution < 1.29 is 19.4 Å². The smallest absolute Gasteiger partial charge is 0.259 e. The van der Waals surface area contributed by atoms with Crippen LogP contribution in [0.5, 0.6) is 5.88 Å². The average molecular weight is 472 g/mol. The molecule has 2 N–H and O–H groups in total. The van der Waals surface area contributed by atoms with Gasteiger partial charge in [-0.15, -0.1) is 0 Å². The second-order valence-corrected chi connectivity index (χ2v) is 9.42. The summed E-state index contributed by atoms with van der Waals surface area (Å²) in [6, 6.07) is 13.4. The number of anilines is 4. The Morgan fingerprint density at radius 3 is 2.60 bits per heavy atom. The maximum atomic E-state index is 12.7. The van der Waals surface area contributed by atoms with E-state index in [2.05, 4.69) is 15.3 Å². The van der Waals surface area contributed by atoms with Gasteiger partial charge in [0.1, 0.15) is 23.7 Å². The number of hydrogen-bond donors (Lipinski definition) is 2. The van der Waals surface area contributed by atoms with Gasteiger partial charge in [-0.2, -0.15) is 0 Å². The van der Waals surface area contributed by atoms with Crippen LogP contribution in [0.4, 0.5) is 22.9 Å². The minimum absolute atomic E-state index is 0.174. The first-order valence-electron chi connectivity index (χ1n) is 11.7. The van der Waals surface area contributed by atoms with Crippen LogP contribution in [0.15, 0.2) is 54.9 Å². The van der Waals surface area contributed by atoms with E-state index in [9.17, 15) is 14.7 Å². The molecule has 35 heavy (non-hydrogen) atoms. The van der Waals surface area contributed by atoms with Gasteiger partial charge in [-0.1, -0.05) is 12.1 Å². The third-order valence-corrected chi connectivity index (χ3v) is 6.80. The van der Waals surface area contributed by atoms with Gasteiger partial charge in [0.2, 0.25) is 11.8 Å². The lowest BCUT2D eigenvalue weighted by Gasteiger charge is -2.31. The Balaban J connectivity index is 1.19. The molecule has 0 saturated carbocycles. The number of benzene rings is 1. The van der Waals surface area contributed by atoms with Gasteiger partial charge < -0.3 is 20.1 Å². The standard InChI is InChI=1S/C26H25N5O4/c1-26(34)12-20-15-35-24-21(31(20)25(26)33)11-18(14-28-24)29-22-9-6-17(13-27-22)16-4-7-19(8-5-16)30-10-2-3-23(30)32/h4-9,11,13-14,20,34H,2-3,10,12,15H2,1H3,(H,27,29)/t20-,26+/m0/s1. The molecule has 3 aromatic rings. The van der Waals surface area contributed by atoms with Crippen molar-refractivity contribution in [3.05, 3.63) is 54.9 Å². The topological polar surface area (TPSA) is 108 Å². The fourth-order valence-corrected chi connectivity index (χ4v) is 5.01. The van der Waals surface area contributed by atoms with Gasteiger partial charge in [0.25, 0.3) is 5.91 Å². The highest BCUT2D eigenvalue weighted by atomic mass is 16.5. The van der Waals surface area contributed by atoms with Crippen LogP contribution in [-0.2, 0) is 9.59 Å². The Morgan fingerprint density at radius 1 is 1.09 bits per heavy atom. The number of fused-ring (bicyclic) bond motifs is 3. The first kappa shape index (κ1) is 21.5. The Morgan fingerprint density at radius 2 is 1.89 bits per heavy atom. The largest absolute Gasteiger partial charge is 0.474 e. The van der Waals surface area contributed by atoms with Gasteiger partial charge in [-0.3, -0.25) is 14.5 Å². The summed E-state index contributed by atoms with van der Waals surface area (Å²) in [6.07, 6.45) is 5.25. The van der Waals surface area contributed by atoms with E-state index < -0.39 is 5.60 Å². The predicted octanol–water partition coefficient (Wildman–Crippen LogP) is 3.26.